The van der Waals surface area contributed by atoms with Crippen LogP contribution in [0.5, 0.6) is 0 Å². The molecule has 0 spiro atoms. The van der Waals surface area contributed by atoms with Crippen LogP contribution in [-0.2, 0) is 11.2 Å². The Hall–Kier alpha value is -2.21. The Labute approximate surface area is 93.9 Å². The van der Waals surface area contributed by atoms with Gasteiger partial charge in [-0.2, -0.15) is 0 Å². The number of rotatable bonds is 3. The Morgan fingerprint density at radius 1 is 1.44 bits per heavy atom. The van der Waals surface area contributed by atoms with Crippen molar-refractivity contribution in [1.29, 1.82) is 0 Å². The Morgan fingerprint density at radius 3 is 3.06 bits per heavy atom. The van der Waals surface area contributed by atoms with E-state index in [-0.39, 0.29) is 12.5 Å². The van der Waals surface area contributed by atoms with Gasteiger partial charge in [-0.1, -0.05) is 24.1 Å². The summed E-state index contributed by atoms with van der Waals surface area (Å²) < 4.78 is 0. The lowest BCUT2D eigenvalue weighted by Crippen LogP contribution is -2.25. The normalized spacial score (nSPS) is 9.94. The number of hydrogen-bond acceptors (Lipinski definition) is 1. The smallest absolute Gasteiger partial charge is 0.225 e. The van der Waals surface area contributed by atoms with Crippen molar-refractivity contribution in [2.24, 2.45) is 0 Å². The number of benzene rings is 1. The predicted molar refractivity (Wildman–Crippen MR) is 63.8 cm³/mol. The van der Waals surface area contributed by atoms with E-state index in [2.05, 4.69) is 16.2 Å². The quantitative estimate of drug-likeness (QED) is 0.743. The van der Waals surface area contributed by atoms with Crippen molar-refractivity contribution in [1.82, 2.24) is 10.3 Å². The molecule has 2 N–H and O–H groups in total. The molecule has 0 saturated carbocycles. The molecule has 0 bridgehead atoms. The standard InChI is InChI=1S/C13H12N2O/c1-2-7-14-13(16)8-10-9-15-12-6-4-3-5-11(10)12/h1,3-6,9,15H,7-8H2,(H,14,16). The molecule has 0 radical (unpaired) electrons. The molecule has 3 nitrogen and oxygen atoms in total. The molecule has 3 heteroatoms. The molecule has 0 atom stereocenters. The van der Waals surface area contributed by atoms with Crippen molar-refractivity contribution in [3.63, 3.8) is 0 Å². The summed E-state index contributed by atoms with van der Waals surface area (Å²) in [6.45, 7) is 0.279. The summed E-state index contributed by atoms with van der Waals surface area (Å²) in [5, 5.41) is 3.73. The lowest BCUT2D eigenvalue weighted by atomic mass is 10.1. The summed E-state index contributed by atoms with van der Waals surface area (Å²) >= 11 is 0. The molecular weight excluding hydrogens is 200 g/mol. The van der Waals surface area contributed by atoms with E-state index < -0.39 is 0 Å². The molecule has 2 rings (SSSR count). The lowest BCUT2D eigenvalue weighted by Gasteiger charge is -2.00. The van der Waals surface area contributed by atoms with Gasteiger partial charge < -0.3 is 10.3 Å². The fourth-order valence-corrected chi connectivity index (χ4v) is 1.66. The molecule has 1 amide bonds. The third-order valence-electron chi connectivity index (χ3n) is 2.41. The number of aromatic nitrogens is 1. The van der Waals surface area contributed by atoms with Gasteiger partial charge in [0.1, 0.15) is 0 Å². The maximum atomic E-state index is 11.5. The summed E-state index contributed by atoms with van der Waals surface area (Å²) in [5.74, 6) is 2.32. The Balaban J connectivity index is 2.16. The fourth-order valence-electron chi connectivity index (χ4n) is 1.66. The second-order valence-corrected chi connectivity index (χ2v) is 3.52. The second kappa shape index (κ2) is 4.54. The van der Waals surface area contributed by atoms with E-state index in [1.165, 1.54) is 0 Å². The fraction of sp³-hybridized carbons (Fsp3) is 0.154. The average molecular weight is 212 g/mol. The molecule has 0 saturated heterocycles. The summed E-state index contributed by atoms with van der Waals surface area (Å²) in [6.07, 6.45) is 7.28. The maximum Gasteiger partial charge on any atom is 0.225 e. The van der Waals surface area contributed by atoms with E-state index in [1.807, 2.05) is 30.5 Å². The van der Waals surface area contributed by atoms with Gasteiger partial charge in [-0.05, 0) is 11.6 Å². The number of carbonyl (C=O) groups is 1. The molecule has 0 aliphatic rings. The molecule has 16 heavy (non-hydrogen) atoms. The minimum Gasteiger partial charge on any atom is -0.361 e. The SMILES string of the molecule is C#CCNC(=O)Cc1c[nH]c2ccccc12. The number of hydrogen-bond donors (Lipinski definition) is 2. The van der Waals surface area contributed by atoms with Gasteiger partial charge in [-0.15, -0.1) is 6.42 Å². The van der Waals surface area contributed by atoms with Gasteiger partial charge in [0.25, 0.3) is 0 Å². The number of para-hydroxylation sites is 1. The minimum atomic E-state index is -0.0531. The van der Waals surface area contributed by atoms with Crippen molar-refractivity contribution in [3.8, 4) is 12.3 Å². The van der Waals surface area contributed by atoms with Crippen LogP contribution < -0.4 is 5.32 Å². The Morgan fingerprint density at radius 2 is 2.25 bits per heavy atom. The molecule has 0 aliphatic heterocycles. The zero-order valence-electron chi connectivity index (χ0n) is 8.79. The van der Waals surface area contributed by atoms with E-state index in [0.29, 0.717) is 6.42 Å². The molecular formula is C13H12N2O. The van der Waals surface area contributed by atoms with E-state index in [1.54, 1.807) is 0 Å². The molecule has 0 fully saturated rings. The van der Waals surface area contributed by atoms with Crippen molar-refractivity contribution in [3.05, 3.63) is 36.0 Å². The first-order valence-electron chi connectivity index (χ1n) is 5.06. The van der Waals surface area contributed by atoms with Crippen LogP contribution in [0.1, 0.15) is 5.56 Å². The Kier molecular flexibility index (Phi) is 2.93. The van der Waals surface area contributed by atoms with Crippen molar-refractivity contribution >= 4 is 16.8 Å². The number of H-pyrrole nitrogens is 1. The van der Waals surface area contributed by atoms with Gasteiger partial charge in [0, 0.05) is 17.1 Å². The van der Waals surface area contributed by atoms with Crippen molar-refractivity contribution in [2.45, 2.75) is 6.42 Å². The summed E-state index contributed by atoms with van der Waals surface area (Å²) in [6, 6.07) is 7.90. The first kappa shape index (κ1) is 10.3. The summed E-state index contributed by atoms with van der Waals surface area (Å²) in [7, 11) is 0. The third kappa shape index (κ3) is 2.06. The summed E-state index contributed by atoms with van der Waals surface area (Å²) in [4.78, 5) is 14.6. The maximum absolute atomic E-state index is 11.5. The van der Waals surface area contributed by atoms with Gasteiger partial charge in [-0.25, -0.2) is 0 Å². The zero-order valence-corrected chi connectivity index (χ0v) is 8.79. The first-order chi connectivity index (χ1) is 7.81. The minimum absolute atomic E-state index is 0.0531. The molecule has 1 aromatic heterocycles. The number of carbonyl (C=O) groups excluding carboxylic acids is 1. The molecule has 0 unspecified atom stereocenters. The van der Waals surface area contributed by atoms with Crippen LogP contribution in [0.4, 0.5) is 0 Å². The van der Waals surface area contributed by atoms with Gasteiger partial charge in [-0.3, -0.25) is 4.79 Å². The van der Waals surface area contributed by atoms with Crippen LogP contribution in [-0.4, -0.2) is 17.4 Å². The highest BCUT2D eigenvalue weighted by molar-refractivity contribution is 5.88. The zero-order chi connectivity index (χ0) is 11.4. The van der Waals surface area contributed by atoms with Gasteiger partial charge in [0.2, 0.25) is 5.91 Å². The van der Waals surface area contributed by atoms with Crippen molar-refractivity contribution < 1.29 is 4.79 Å². The monoisotopic (exact) mass is 212 g/mol. The summed E-state index contributed by atoms with van der Waals surface area (Å²) in [5.41, 5.74) is 2.03. The van der Waals surface area contributed by atoms with Crippen LogP contribution in [0.15, 0.2) is 30.5 Å². The third-order valence-corrected chi connectivity index (χ3v) is 2.41. The number of aromatic amines is 1. The molecule has 80 valence electrons. The van der Waals surface area contributed by atoms with E-state index in [4.69, 9.17) is 6.42 Å². The molecule has 2 aromatic rings. The van der Waals surface area contributed by atoms with Crippen LogP contribution in [0.3, 0.4) is 0 Å². The van der Waals surface area contributed by atoms with Crippen molar-refractivity contribution in [2.75, 3.05) is 6.54 Å². The number of nitrogens with one attached hydrogen (secondary N) is 2. The highest BCUT2D eigenvalue weighted by atomic mass is 16.1. The van der Waals surface area contributed by atoms with Crippen LogP contribution in [0.2, 0.25) is 0 Å². The highest BCUT2D eigenvalue weighted by Gasteiger charge is 2.07. The topological polar surface area (TPSA) is 44.9 Å². The molecule has 0 aliphatic carbocycles. The van der Waals surface area contributed by atoms with Crippen LogP contribution >= 0.6 is 0 Å². The largest absolute Gasteiger partial charge is 0.361 e. The number of fused-ring (bicyclic) bond motifs is 1. The molecule has 1 aromatic carbocycles. The van der Waals surface area contributed by atoms with Crippen LogP contribution in [0, 0.1) is 12.3 Å². The highest BCUT2D eigenvalue weighted by Crippen LogP contribution is 2.17. The molecule has 1 heterocycles. The van der Waals surface area contributed by atoms with E-state index in [0.717, 1.165) is 16.5 Å². The predicted octanol–water partition coefficient (Wildman–Crippen LogP) is 1.46. The van der Waals surface area contributed by atoms with Crippen LogP contribution in [0.25, 0.3) is 10.9 Å². The van der Waals surface area contributed by atoms with E-state index in [9.17, 15) is 4.79 Å². The average Bonchev–Trinajstić information content (AvgIpc) is 2.70. The second-order valence-electron chi connectivity index (χ2n) is 3.52. The number of terminal acetylenes is 1. The van der Waals surface area contributed by atoms with E-state index >= 15 is 0 Å². The lowest BCUT2D eigenvalue weighted by molar-refractivity contribution is -0.120. The van der Waals surface area contributed by atoms with Gasteiger partial charge >= 0.3 is 0 Å². The first-order valence-corrected chi connectivity index (χ1v) is 5.06. The van der Waals surface area contributed by atoms with Gasteiger partial charge in [0.15, 0.2) is 0 Å². The number of amides is 1. The Bertz CT molecular complexity index is 548. The van der Waals surface area contributed by atoms with Gasteiger partial charge in [0.05, 0.1) is 13.0 Å².